The third-order valence-corrected chi connectivity index (χ3v) is 7.98. The van der Waals surface area contributed by atoms with E-state index in [1.54, 1.807) is 24.3 Å². The maximum absolute atomic E-state index is 12.0. The Morgan fingerprint density at radius 3 is 1.63 bits per heavy atom. The molecule has 5 rings (SSSR count). The van der Waals surface area contributed by atoms with Crippen LogP contribution < -0.4 is 9.47 Å². The van der Waals surface area contributed by atoms with Crippen LogP contribution in [0.25, 0.3) is 5.57 Å². The molecule has 6 nitrogen and oxygen atoms in total. The fourth-order valence-electron chi connectivity index (χ4n) is 4.91. The van der Waals surface area contributed by atoms with Crippen LogP contribution in [0.1, 0.15) is 78.9 Å². The van der Waals surface area contributed by atoms with Gasteiger partial charge in [-0.2, -0.15) is 0 Å². The Bertz CT molecular complexity index is 1600. The van der Waals surface area contributed by atoms with Crippen molar-refractivity contribution < 1.29 is 28.5 Å². The Hall–Kier alpha value is -4.36. The van der Waals surface area contributed by atoms with Gasteiger partial charge in [0.2, 0.25) is 0 Å². The fraction of sp³-hybridized carbons (Fsp3) is 0.282. The molecule has 4 aromatic rings. The van der Waals surface area contributed by atoms with E-state index in [2.05, 4.69) is 40.6 Å². The summed E-state index contributed by atoms with van der Waals surface area (Å²) in [5, 5.41) is 0. The van der Waals surface area contributed by atoms with Crippen LogP contribution in [0.4, 0.5) is 0 Å². The van der Waals surface area contributed by atoms with Crippen LogP contribution >= 0.6 is 15.9 Å². The molecule has 0 N–H and O–H groups in total. The molecule has 244 valence electrons. The lowest BCUT2D eigenvalue weighted by atomic mass is 9.81. The predicted molar refractivity (Wildman–Crippen MR) is 189 cm³/mol. The van der Waals surface area contributed by atoms with Gasteiger partial charge in [0.1, 0.15) is 24.7 Å². The van der Waals surface area contributed by atoms with Gasteiger partial charge < -0.3 is 18.9 Å². The third kappa shape index (κ3) is 10.1. The van der Waals surface area contributed by atoms with Crippen LogP contribution in [0.5, 0.6) is 11.5 Å². The summed E-state index contributed by atoms with van der Waals surface area (Å²) in [6, 6.07) is 30.6. The molecule has 0 aromatic heterocycles. The monoisotopic (exact) mass is 688 g/mol. The number of carbonyl (C=O) groups excluding carboxylic acids is 2. The minimum Gasteiger partial charge on any atom is -0.488 e. The van der Waals surface area contributed by atoms with Gasteiger partial charge >= 0.3 is 11.9 Å². The number of hydrogen-bond donors (Lipinski definition) is 0. The lowest BCUT2D eigenvalue weighted by Crippen LogP contribution is -2.11. The maximum Gasteiger partial charge on any atom is 0.337 e. The van der Waals surface area contributed by atoms with Gasteiger partial charge in [0, 0.05) is 5.56 Å². The largest absolute Gasteiger partial charge is 0.488 e. The summed E-state index contributed by atoms with van der Waals surface area (Å²) in [6.45, 7) is 5.45. The molecular weight excluding hydrogens is 644 g/mol. The predicted octanol–water partition coefficient (Wildman–Crippen LogP) is 10.3. The van der Waals surface area contributed by atoms with Gasteiger partial charge in [0.05, 0.1) is 29.8 Å². The smallest absolute Gasteiger partial charge is 0.337 e. The third-order valence-electron chi connectivity index (χ3n) is 7.37. The van der Waals surface area contributed by atoms with E-state index < -0.39 is 0 Å². The quantitative estimate of drug-likeness (QED) is 0.163. The summed E-state index contributed by atoms with van der Waals surface area (Å²) < 4.78 is 22.1. The molecule has 1 aliphatic rings. The second-order valence-corrected chi connectivity index (χ2v) is 11.8. The molecular formula is C39H45BrO6. The topological polar surface area (TPSA) is 71.1 Å². The van der Waals surface area contributed by atoms with E-state index in [1.165, 1.54) is 19.8 Å². The summed E-state index contributed by atoms with van der Waals surface area (Å²) in [5.74, 6) is 0.803. The molecule has 4 aromatic carbocycles. The standard InChI is InChI=1S/C22H24O3.C15H13BrO3.2CH4/c1-22(2)13-7-10-19(22)18-14-17(21(23)24-3)11-12-20(18)25-15-16-8-5-4-6-9-16;1-18-15(17)12-7-8-14(13(16)9-12)19-10-11-5-3-2-4-6-11;;/h4-6,8-12,14H,7,13,15H2,1-3H3;2-9H,10H2,1H3;2*1H4. The van der Waals surface area contributed by atoms with Crippen LogP contribution in [0.15, 0.2) is 108 Å². The van der Waals surface area contributed by atoms with Crippen LogP contribution in [0, 0.1) is 5.41 Å². The van der Waals surface area contributed by atoms with Crippen molar-refractivity contribution in [3.63, 3.8) is 0 Å². The van der Waals surface area contributed by atoms with Gasteiger partial charge in [-0.25, -0.2) is 9.59 Å². The minimum absolute atomic E-state index is 0. The summed E-state index contributed by atoms with van der Waals surface area (Å²) >= 11 is 3.39. The first-order valence-corrected chi connectivity index (χ1v) is 15.2. The first-order valence-electron chi connectivity index (χ1n) is 14.4. The molecule has 0 saturated carbocycles. The molecule has 0 saturated heterocycles. The SMILES string of the molecule is C.C.COC(=O)c1ccc(OCc2ccccc2)c(Br)c1.COC(=O)c1ccc(OCc2ccccc2)c(C2=CCCC2(C)C)c1. The molecule has 0 bridgehead atoms. The number of ether oxygens (including phenoxy) is 4. The second kappa shape index (κ2) is 18.0. The van der Waals surface area contributed by atoms with E-state index in [-0.39, 0.29) is 32.2 Å². The van der Waals surface area contributed by atoms with Crippen LogP contribution in [0.3, 0.4) is 0 Å². The minimum atomic E-state index is -0.365. The van der Waals surface area contributed by atoms with Gasteiger partial charge in [-0.05, 0) is 87.3 Å². The van der Waals surface area contributed by atoms with Gasteiger partial charge in [-0.1, -0.05) is 95.4 Å². The fourth-order valence-corrected chi connectivity index (χ4v) is 5.40. The molecule has 0 atom stereocenters. The van der Waals surface area contributed by atoms with Crippen molar-refractivity contribution in [2.75, 3.05) is 14.2 Å². The van der Waals surface area contributed by atoms with Gasteiger partial charge in [-0.3, -0.25) is 0 Å². The molecule has 0 amide bonds. The van der Waals surface area contributed by atoms with Crippen LogP contribution in [-0.4, -0.2) is 26.2 Å². The van der Waals surface area contributed by atoms with E-state index in [0.717, 1.165) is 39.8 Å². The van der Waals surface area contributed by atoms with Crippen molar-refractivity contribution in [2.45, 2.75) is 54.8 Å². The Kier molecular flexibility index (Phi) is 14.8. The van der Waals surface area contributed by atoms with Crippen molar-refractivity contribution in [2.24, 2.45) is 5.41 Å². The molecule has 0 fully saturated rings. The summed E-state index contributed by atoms with van der Waals surface area (Å²) in [5.41, 5.74) is 5.54. The zero-order valence-electron chi connectivity index (χ0n) is 25.5. The van der Waals surface area contributed by atoms with Gasteiger partial charge in [-0.15, -0.1) is 0 Å². The highest BCUT2D eigenvalue weighted by Gasteiger charge is 2.30. The molecule has 0 unspecified atom stereocenters. The average Bonchev–Trinajstić information content (AvgIpc) is 3.42. The molecule has 1 aliphatic carbocycles. The molecule has 0 heterocycles. The Balaban J connectivity index is 0.000000317. The molecule has 0 radical (unpaired) electrons. The van der Waals surface area contributed by atoms with E-state index >= 15 is 0 Å². The Labute approximate surface area is 282 Å². The van der Waals surface area contributed by atoms with E-state index in [4.69, 9.17) is 14.2 Å². The van der Waals surface area contributed by atoms with E-state index in [9.17, 15) is 9.59 Å². The summed E-state index contributed by atoms with van der Waals surface area (Å²) in [6.07, 6.45) is 4.40. The van der Waals surface area contributed by atoms with Crippen molar-refractivity contribution >= 4 is 33.4 Å². The number of carbonyl (C=O) groups is 2. The molecule has 7 heteroatoms. The number of rotatable bonds is 9. The van der Waals surface area contributed by atoms with E-state index in [0.29, 0.717) is 30.1 Å². The van der Waals surface area contributed by atoms with E-state index in [1.807, 2.05) is 72.8 Å². The highest BCUT2D eigenvalue weighted by molar-refractivity contribution is 9.10. The maximum atomic E-state index is 12.0. The summed E-state index contributed by atoms with van der Waals surface area (Å²) in [7, 11) is 2.76. The van der Waals surface area contributed by atoms with Gasteiger partial charge in [0.25, 0.3) is 0 Å². The van der Waals surface area contributed by atoms with Crippen LogP contribution in [0.2, 0.25) is 0 Å². The number of benzene rings is 4. The number of esters is 2. The first-order chi connectivity index (χ1) is 21.2. The average molecular weight is 690 g/mol. The lowest BCUT2D eigenvalue weighted by molar-refractivity contribution is 0.0591. The zero-order valence-corrected chi connectivity index (χ0v) is 27.1. The molecule has 0 spiro atoms. The highest BCUT2D eigenvalue weighted by atomic mass is 79.9. The zero-order chi connectivity index (χ0) is 31.5. The second-order valence-electron chi connectivity index (χ2n) is 10.9. The van der Waals surface area contributed by atoms with Gasteiger partial charge in [0.15, 0.2) is 0 Å². The Morgan fingerprint density at radius 1 is 0.696 bits per heavy atom. The number of halogens is 1. The molecule has 0 aliphatic heterocycles. The van der Waals surface area contributed by atoms with Crippen molar-refractivity contribution in [1.82, 2.24) is 0 Å². The Morgan fingerprint density at radius 2 is 1.17 bits per heavy atom. The number of methoxy groups -OCH3 is 2. The first kappa shape index (κ1) is 37.8. The lowest BCUT2D eigenvalue weighted by Gasteiger charge is -2.25. The van der Waals surface area contributed by atoms with Crippen LogP contribution in [-0.2, 0) is 22.7 Å². The normalized spacial score (nSPS) is 12.6. The van der Waals surface area contributed by atoms with Crippen molar-refractivity contribution in [3.05, 3.63) is 135 Å². The molecule has 46 heavy (non-hydrogen) atoms. The van der Waals surface area contributed by atoms with Crippen molar-refractivity contribution in [1.29, 1.82) is 0 Å². The summed E-state index contributed by atoms with van der Waals surface area (Å²) in [4.78, 5) is 23.3. The van der Waals surface area contributed by atoms with Crippen molar-refractivity contribution in [3.8, 4) is 11.5 Å². The number of allylic oxidation sites excluding steroid dienone is 2. The highest BCUT2D eigenvalue weighted by Crippen LogP contribution is 2.47. The number of hydrogen-bond acceptors (Lipinski definition) is 6.